The molecule has 0 amide bonds. The van der Waals surface area contributed by atoms with Crippen molar-refractivity contribution < 1.29 is 4.84 Å². The smallest absolute Gasteiger partial charge is 0.225 e. The second-order valence-electron chi connectivity index (χ2n) is 4.97. The van der Waals surface area contributed by atoms with Crippen LogP contribution in [0.2, 0.25) is 0 Å². The number of hydroxylamine groups is 2. The Hall–Kier alpha value is -1.39. The summed E-state index contributed by atoms with van der Waals surface area (Å²) in [6, 6.07) is 10.6. The van der Waals surface area contributed by atoms with Crippen LogP contribution in [0.3, 0.4) is 0 Å². The molecule has 1 N–H and O–H groups in total. The molecule has 0 saturated carbocycles. The number of hydrogen-bond donors (Lipinski definition) is 1. The number of benzene rings is 1. The second kappa shape index (κ2) is 7.41. The van der Waals surface area contributed by atoms with Crippen LogP contribution in [0, 0.1) is 0 Å². The van der Waals surface area contributed by atoms with Crippen molar-refractivity contribution in [2.75, 3.05) is 19.6 Å². The van der Waals surface area contributed by atoms with E-state index in [0.717, 1.165) is 25.4 Å². The van der Waals surface area contributed by atoms with Crippen molar-refractivity contribution in [3.63, 3.8) is 0 Å². The molecule has 4 nitrogen and oxygen atoms in total. The average molecular weight is 275 g/mol. The normalized spacial score (nSPS) is 20.6. The predicted octanol–water partition coefficient (Wildman–Crippen LogP) is 2.78. The minimum absolute atomic E-state index is 0.0843. The summed E-state index contributed by atoms with van der Waals surface area (Å²) < 4.78 is 0. The zero-order valence-corrected chi connectivity index (χ0v) is 12.7. The molecule has 4 heteroatoms. The highest BCUT2D eigenvalue weighted by atomic mass is 16.7. The van der Waals surface area contributed by atoms with E-state index in [1.807, 2.05) is 5.06 Å². The summed E-state index contributed by atoms with van der Waals surface area (Å²) in [5.74, 6) is 1.17. The highest BCUT2D eigenvalue weighted by Gasteiger charge is 2.33. The van der Waals surface area contributed by atoms with Gasteiger partial charge < -0.3 is 10.2 Å². The minimum Gasteiger partial charge on any atom is -0.387 e. The van der Waals surface area contributed by atoms with E-state index < -0.39 is 0 Å². The maximum Gasteiger partial charge on any atom is 0.225 e. The molecule has 0 aliphatic carbocycles. The van der Waals surface area contributed by atoms with E-state index in [9.17, 15) is 0 Å². The van der Waals surface area contributed by atoms with Crippen molar-refractivity contribution in [2.45, 2.75) is 39.3 Å². The number of rotatable bonds is 7. The monoisotopic (exact) mass is 275 g/mol. The molecule has 20 heavy (non-hydrogen) atoms. The first kappa shape index (κ1) is 15.0. The predicted molar refractivity (Wildman–Crippen MR) is 82.7 cm³/mol. The van der Waals surface area contributed by atoms with E-state index in [-0.39, 0.29) is 6.17 Å². The molecule has 2 atom stereocenters. The fourth-order valence-electron chi connectivity index (χ4n) is 2.60. The first-order chi connectivity index (χ1) is 9.80. The van der Waals surface area contributed by atoms with Crippen LogP contribution in [0.25, 0.3) is 0 Å². The van der Waals surface area contributed by atoms with Gasteiger partial charge in [-0.05, 0) is 25.5 Å². The molecule has 0 fully saturated rings. The van der Waals surface area contributed by atoms with Gasteiger partial charge in [-0.25, -0.2) is 4.99 Å². The van der Waals surface area contributed by atoms with Crippen molar-refractivity contribution in [2.24, 2.45) is 4.99 Å². The Labute approximate surface area is 121 Å². The first-order valence-corrected chi connectivity index (χ1v) is 7.57. The summed E-state index contributed by atoms with van der Waals surface area (Å²) in [6.45, 7) is 8.88. The van der Waals surface area contributed by atoms with Gasteiger partial charge in [0.1, 0.15) is 6.17 Å². The molecular weight excluding hydrogens is 250 g/mol. The molecule has 0 unspecified atom stereocenters. The fourth-order valence-corrected chi connectivity index (χ4v) is 2.60. The van der Waals surface area contributed by atoms with Gasteiger partial charge in [0, 0.05) is 12.5 Å². The van der Waals surface area contributed by atoms with Crippen LogP contribution in [0.4, 0.5) is 0 Å². The van der Waals surface area contributed by atoms with Gasteiger partial charge in [-0.2, -0.15) is 0 Å². The minimum atomic E-state index is 0.0843. The van der Waals surface area contributed by atoms with Crippen LogP contribution >= 0.6 is 0 Å². The van der Waals surface area contributed by atoms with E-state index in [1.54, 1.807) is 0 Å². The Bertz CT molecular complexity index is 433. The van der Waals surface area contributed by atoms with E-state index in [1.165, 1.54) is 5.56 Å². The van der Waals surface area contributed by atoms with Crippen molar-refractivity contribution in [3.8, 4) is 0 Å². The Morgan fingerprint density at radius 1 is 1.25 bits per heavy atom. The second-order valence-corrected chi connectivity index (χ2v) is 4.97. The fraction of sp³-hybridized carbons (Fsp3) is 0.562. The first-order valence-electron chi connectivity index (χ1n) is 7.57. The largest absolute Gasteiger partial charge is 0.387 e. The summed E-state index contributed by atoms with van der Waals surface area (Å²) >= 11 is 0. The molecule has 0 saturated heterocycles. The van der Waals surface area contributed by atoms with Crippen LogP contribution in [-0.4, -0.2) is 36.8 Å². The van der Waals surface area contributed by atoms with E-state index in [2.05, 4.69) is 56.4 Å². The van der Waals surface area contributed by atoms with Gasteiger partial charge in [0.05, 0.1) is 6.54 Å². The van der Waals surface area contributed by atoms with Gasteiger partial charge in [-0.3, -0.25) is 0 Å². The summed E-state index contributed by atoms with van der Waals surface area (Å²) in [6.07, 6.45) is 1.13. The van der Waals surface area contributed by atoms with Gasteiger partial charge in [-0.1, -0.05) is 44.2 Å². The highest BCUT2D eigenvalue weighted by molar-refractivity contribution is 5.79. The molecule has 110 valence electrons. The summed E-state index contributed by atoms with van der Waals surface area (Å²) in [5, 5.41) is 5.26. The van der Waals surface area contributed by atoms with Gasteiger partial charge in [0.15, 0.2) is 0 Å². The van der Waals surface area contributed by atoms with E-state index in [0.29, 0.717) is 12.5 Å². The van der Waals surface area contributed by atoms with Crippen LogP contribution in [0.1, 0.15) is 38.7 Å². The molecule has 1 aliphatic rings. The van der Waals surface area contributed by atoms with Crippen molar-refractivity contribution in [3.05, 3.63) is 35.9 Å². The Balaban J connectivity index is 2.16. The van der Waals surface area contributed by atoms with E-state index in [4.69, 9.17) is 9.83 Å². The van der Waals surface area contributed by atoms with Crippen LogP contribution in [-0.2, 0) is 4.84 Å². The third-order valence-corrected chi connectivity index (χ3v) is 3.66. The lowest BCUT2D eigenvalue weighted by atomic mass is 9.93. The number of nitrogens with one attached hydrogen (secondary N) is 1. The number of likely N-dealkylation sites (N-methyl/N-ethyl adjacent to an activating group) is 2. The van der Waals surface area contributed by atoms with Crippen molar-refractivity contribution >= 4 is 5.90 Å². The third kappa shape index (κ3) is 3.38. The van der Waals surface area contributed by atoms with Gasteiger partial charge in [0.2, 0.25) is 5.90 Å². The molecule has 2 rings (SSSR count). The molecule has 0 spiro atoms. The average Bonchev–Trinajstić information content (AvgIpc) is 2.90. The Morgan fingerprint density at radius 2 is 2.00 bits per heavy atom. The number of hydrogen-bond acceptors (Lipinski definition) is 4. The lowest BCUT2D eigenvalue weighted by Crippen LogP contribution is -2.34. The lowest BCUT2D eigenvalue weighted by molar-refractivity contribution is -0.0869. The summed E-state index contributed by atoms with van der Waals surface area (Å²) in [7, 11) is 0. The molecule has 1 aromatic rings. The molecule has 1 aromatic carbocycles. The number of aliphatic imine (C=N–C) groups is 1. The maximum atomic E-state index is 5.85. The van der Waals surface area contributed by atoms with Crippen molar-refractivity contribution in [1.82, 2.24) is 10.4 Å². The quantitative estimate of drug-likeness (QED) is 0.831. The molecule has 1 aliphatic heterocycles. The zero-order valence-electron chi connectivity index (χ0n) is 12.7. The van der Waals surface area contributed by atoms with Gasteiger partial charge in [-0.15, -0.1) is 5.06 Å². The zero-order chi connectivity index (χ0) is 14.4. The third-order valence-electron chi connectivity index (χ3n) is 3.66. The summed E-state index contributed by atoms with van der Waals surface area (Å²) in [5.41, 5.74) is 1.33. The Morgan fingerprint density at radius 3 is 2.60 bits per heavy atom. The molecule has 0 bridgehead atoms. The molecular formula is C16H25N3O. The Kier molecular flexibility index (Phi) is 5.56. The lowest BCUT2D eigenvalue weighted by Gasteiger charge is -2.26. The van der Waals surface area contributed by atoms with Crippen LogP contribution < -0.4 is 5.32 Å². The van der Waals surface area contributed by atoms with Gasteiger partial charge >= 0.3 is 0 Å². The van der Waals surface area contributed by atoms with Gasteiger partial charge in [0.25, 0.3) is 0 Å². The standard InChI is InChI=1S/C16H25N3O/c1-4-14(13-10-8-7-9-11-13)16-18-15(12-17-5-2)20-19(16)6-3/h7-11,14,16-17H,4-6,12H2,1-3H3/t14-,16-/m1/s1. The molecule has 0 radical (unpaired) electrons. The maximum absolute atomic E-state index is 5.85. The number of nitrogens with zero attached hydrogens (tertiary/aromatic N) is 2. The molecule has 0 aromatic heterocycles. The molecule has 1 heterocycles. The van der Waals surface area contributed by atoms with Crippen LogP contribution in [0.5, 0.6) is 0 Å². The topological polar surface area (TPSA) is 36.9 Å². The van der Waals surface area contributed by atoms with E-state index >= 15 is 0 Å². The highest BCUT2D eigenvalue weighted by Crippen LogP contribution is 2.30. The van der Waals surface area contributed by atoms with Crippen LogP contribution in [0.15, 0.2) is 35.3 Å². The SMILES string of the molecule is CCNCC1=N[C@@H]([C@H](CC)c2ccccc2)N(CC)O1. The van der Waals surface area contributed by atoms with Crippen molar-refractivity contribution in [1.29, 1.82) is 0 Å². The summed E-state index contributed by atoms with van der Waals surface area (Å²) in [4.78, 5) is 10.6.